The van der Waals surface area contributed by atoms with Crippen LogP contribution in [0, 0.1) is 0 Å². The van der Waals surface area contributed by atoms with Crippen molar-refractivity contribution in [1.29, 1.82) is 0 Å². The van der Waals surface area contributed by atoms with Crippen LogP contribution >= 0.6 is 43.5 Å². The van der Waals surface area contributed by atoms with Crippen LogP contribution in [-0.2, 0) is 5.41 Å². The van der Waals surface area contributed by atoms with Gasteiger partial charge in [-0.2, -0.15) is 0 Å². The maximum Gasteiger partial charge on any atom is 0.343 e. The van der Waals surface area contributed by atoms with Gasteiger partial charge in [-0.05, 0) is 41.3 Å². The molecule has 0 N–H and O–H groups in total. The van der Waals surface area contributed by atoms with Crippen molar-refractivity contribution in [2.75, 3.05) is 0 Å². The molecule has 0 bridgehead atoms. The Morgan fingerprint density at radius 3 is 2.32 bits per heavy atom. The van der Waals surface area contributed by atoms with Crippen LogP contribution in [0.15, 0.2) is 45.3 Å². The molecule has 2 rings (SSSR count). The number of benzene rings is 2. The van der Waals surface area contributed by atoms with Crippen LogP contribution in [0.2, 0.25) is 5.02 Å². The summed E-state index contributed by atoms with van der Waals surface area (Å²) in [6.07, 6.45) is 0. The van der Waals surface area contributed by atoms with Gasteiger partial charge in [0, 0.05) is 8.95 Å². The fraction of sp³-hybridized carbons (Fsp3) is 0.235. The van der Waals surface area contributed by atoms with E-state index in [0.717, 1.165) is 14.5 Å². The Morgan fingerprint density at radius 2 is 1.77 bits per heavy atom. The summed E-state index contributed by atoms with van der Waals surface area (Å²) in [5, 5.41) is 0.383. The molecule has 0 spiro atoms. The molecule has 116 valence electrons. The van der Waals surface area contributed by atoms with Crippen LogP contribution in [0.5, 0.6) is 5.75 Å². The van der Waals surface area contributed by atoms with E-state index >= 15 is 0 Å². The molecule has 0 saturated heterocycles. The van der Waals surface area contributed by atoms with Gasteiger partial charge in [-0.3, -0.25) is 0 Å². The van der Waals surface area contributed by atoms with Gasteiger partial charge in [-0.15, -0.1) is 0 Å². The first-order valence-electron chi connectivity index (χ1n) is 6.66. The van der Waals surface area contributed by atoms with Crippen LogP contribution in [-0.4, -0.2) is 5.97 Å². The molecule has 2 aromatic carbocycles. The smallest absolute Gasteiger partial charge is 0.343 e. The lowest BCUT2D eigenvalue weighted by Crippen LogP contribution is -2.14. The average Bonchev–Trinajstić information content (AvgIpc) is 2.40. The predicted molar refractivity (Wildman–Crippen MR) is 97.0 cm³/mol. The number of hydrogen-bond acceptors (Lipinski definition) is 2. The minimum atomic E-state index is -0.439. The summed E-state index contributed by atoms with van der Waals surface area (Å²) in [6.45, 7) is 6.35. The molecule has 0 aliphatic heterocycles. The summed E-state index contributed by atoms with van der Waals surface area (Å²) in [6, 6.07) is 10.6. The van der Waals surface area contributed by atoms with Gasteiger partial charge >= 0.3 is 5.97 Å². The predicted octanol–water partition coefficient (Wildman–Crippen LogP) is 6.38. The Labute approximate surface area is 152 Å². The lowest BCUT2D eigenvalue weighted by Gasteiger charge is -2.21. The topological polar surface area (TPSA) is 26.3 Å². The molecule has 0 fully saturated rings. The second-order valence-electron chi connectivity index (χ2n) is 5.91. The normalized spacial score (nSPS) is 11.4. The van der Waals surface area contributed by atoms with Crippen molar-refractivity contribution >= 4 is 49.4 Å². The molecule has 5 heteroatoms. The second kappa shape index (κ2) is 6.73. The maximum atomic E-state index is 12.3. The first-order chi connectivity index (χ1) is 10.2. The highest BCUT2D eigenvalue weighted by Gasteiger charge is 2.19. The van der Waals surface area contributed by atoms with E-state index in [4.69, 9.17) is 16.3 Å². The molecule has 0 saturated carbocycles. The quantitative estimate of drug-likeness (QED) is 0.395. The standard InChI is InChI=1S/C17H15Br2ClO2/c1-17(2,3)12-6-4-10(8-13(12)19)16(21)22-15-7-5-11(18)9-14(15)20/h4-9H,1-3H3. The summed E-state index contributed by atoms with van der Waals surface area (Å²) in [5.41, 5.74) is 1.60. The average molecular weight is 447 g/mol. The molecule has 0 unspecified atom stereocenters. The second-order valence-corrected chi connectivity index (χ2v) is 8.09. The number of carbonyl (C=O) groups is 1. The Bertz CT molecular complexity index is 721. The molecule has 0 aliphatic rings. The highest BCUT2D eigenvalue weighted by Crippen LogP contribution is 2.32. The van der Waals surface area contributed by atoms with Gasteiger partial charge in [0.05, 0.1) is 10.6 Å². The first kappa shape index (κ1) is 17.5. The number of hydrogen-bond donors (Lipinski definition) is 0. The Kier molecular flexibility index (Phi) is 5.36. The fourth-order valence-corrected chi connectivity index (χ4v) is 3.65. The zero-order valence-electron chi connectivity index (χ0n) is 12.4. The molecule has 0 heterocycles. The van der Waals surface area contributed by atoms with Gasteiger partial charge in [0.25, 0.3) is 0 Å². The maximum absolute atomic E-state index is 12.3. The van der Waals surface area contributed by atoms with Crippen LogP contribution in [0.25, 0.3) is 0 Å². The van der Waals surface area contributed by atoms with Crippen molar-refractivity contribution in [3.8, 4) is 5.75 Å². The number of halogens is 3. The molecular weight excluding hydrogens is 431 g/mol. The van der Waals surface area contributed by atoms with Crippen LogP contribution in [0.1, 0.15) is 36.7 Å². The highest BCUT2D eigenvalue weighted by molar-refractivity contribution is 9.10. The third-order valence-electron chi connectivity index (χ3n) is 3.11. The Morgan fingerprint density at radius 1 is 1.09 bits per heavy atom. The highest BCUT2D eigenvalue weighted by atomic mass is 79.9. The molecule has 0 aliphatic carbocycles. The summed E-state index contributed by atoms with van der Waals surface area (Å²) < 4.78 is 7.07. The van der Waals surface area contributed by atoms with Gasteiger partial charge < -0.3 is 4.74 Å². The van der Waals surface area contributed by atoms with Crippen molar-refractivity contribution in [2.45, 2.75) is 26.2 Å². The Hall–Kier alpha value is -0.840. The summed E-state index contributed by atoms with van der Waals surface area (Å²) >= 11 is 12.9. The van der Waals surface area contributed by atoms with E-state index in [1.54, 1.807) is 30.3 Å². The van der Waals surface area contributed by atoms with E-state index in [1.807, 2.05) is 6.07 Å². The van der Waals surface area contributed by atoms with E-state index in [1.165, 1.54) is 0 Å². The number of esters is 1. The molecule has 0 aromatic heterocycles. The molecule has 2 aromatic rings. The number of carbonyl (C=O) groups excluding carboxylic acids is 1. The molecular formula is C17H15Br2ClO2. The van der Waals surface area contributed by atoms with Gasteiger partial charge in [-0.1, -0.05) is 70.3 Å². The fourth-order valence-electron chi connectivity index (χ4n) is 1.97. The van der Waals surface area contributed by atoms with Crippen LogP contribution < -0.4 is 4.74 Å². The van der Waals surface area contributed by atoms with E-state index in [-0.39, 0.29) is 5.41 Å². The van der Waals surface area contributed by atoms with Gasteiger partial charge in [0.2, 0.25) is 0 Å². The zero-order valence-corrected chi connectivity index (χ0v) is 16.3. The number of ether oxygens (including phenoxy) is 1. The van der Waals surface area contributed by atoms with Crippen molar-refractivity contribution in [3.05, 3.63) is 61.5 Å². The van der Waals surface area contributed by atoms with Crippen molar-refractivity contribution < 1.29 is 9.53 Å². The SMILES string of the molecule is CC(C)(C)c1ccc(C(=O)Oc2ccc(Br)cc2Cl)cc1Br. The molecule has 2 nitrogen and oxygen atoms in total. The molecule has 0 atom stereocenters. The minimum Gasteiger partial charge on any atom is -0.421 e. The minimum absolute atomic E-state index is 0.00369. The Balaban J connectivity index is 2.25. The summed E-state index contributed by atoms with van der Waals surface area (Å²) in [7, 11) is 0. The first-order valence-corrected chi connectivity index (χ1v) is 8.62. The van der Waals surface area contributed by atoms with Gasteiger partial charge in [0.1, 0.15) is 5.75 Å². The van der Waals surface area contributed by atoms with Gasteiger partial charge in [-0.25, -0.2) is 4.79 Å². The van der Waals surface area contributed by atoms with E-state index in [2.05, 4.69) is 52.6 Å². The lowest BCUT2D eigenvalue weighted by atomic mass is 9.87. The largest absolute Gasteiger partial charge is 0.421 e. The van der Waals surface area contributed by atoms with E-state index < -0.39 is 5.97 Å². The third-order valence-corrected chi connectivity index (χ3v) is 4.55. The summed E-state index contributed by atoms with van der Waals surface area (Å²) in [4.78, 5) is 12.3. The van der Waals surface area contributed by atoms with Crippen molar-refractivity contribution in [3.63, 3.8) is 0 Å². The van der Waals surface area contributed by atoms with Crippen LogP contribution in [0.4, 0.5) is 0 Å². The molecule has 22 heavy (non-hydrogen) atoms. The van der Waals surface area contributed by atoms with E-state index in [9.17, 15) is 4.79 Å². The zero-order chi connectivity index (χ0) is 16.5. The molecule has 0 radical (unpaired) electrons. The van der Waals surface area contributed by atoms with Gasteiger partial charge in [0.15, 0.2) is 0 Å². The number of rotatable bonds is 2. The van der Waals surface area contributed by atoms with Crippen molar-refractivity contribution in [1.82, 2.24) is 0 Å². The van der Waals surface area contributed by atoms with Crippen LogP contribution in [0.3, 0.4) is 0 Å². The monoisotopic (exact) mass is 444 g/mol. The molecule has 0 amide bonds. The van der Waals surface area contributed by atoms with E-state index in [0.29, 0.717) is 16.3 Å². The van der Waals surface area contributed by atoms with Crippen molar-refractivity contribution in [2.24, 2.45) is 0 Å². The summed E-state index contributed by atoms with van der Waals surface area (Å²) in [5.74, 6) is -0.101. The third kappa shape index (κ3) is 4.12. The lowest BCUT2D eigenvalue weighted by molar-refractivity contribution is 0.0734.